The Kier molecular flexibility index (Phi) is 4.29. The number of benzene rings is 1. The van der Waals surface area contributed by atoms with E-state index in [1.807, 2.05) is 13.0 Å². The van der Waals surface area contributed by atoms with Crippen molar-refractivity contribution in [2.75, 3.05) is 0 Å². The maximum absolute atomic E-state index is 13.1. The molecule has 2 aromatic rings. The molecule has 1 amide bonds. The molecule has 5 heteroatoms. The number of carbonyl (C=O) groups excluding carboxylic acids is 1. The summed E-state index contributed by atoms with van der Waals surface area (Å²) in [6.45, 7) is 2.59. The maximum atomic E-state index is 13.1. The molecular formula is C14H15FN2OS. The first-order chi connectivity index (χ1) is 9.06. The Balaban J connectivity index is 1.96. The zero-order chi connectivity index (χ0) is 13.8. The van der Waals surface area contributed by atoms with Crippen molar-refractivity contribution >= 4 is 17.2 Å². The van der Waals surface area contributed by atoms with E-state index in [1.54, 1.807) is 17.5 Å². The van der Waals surface area contributed by atoms with Gasteiger partial charge in [0.05, 0.1) is 5.56 Å². The number of hydrogen-bond donors (Lipinski definition) is 2. The number of halogens is 1. The van der Waals surface area contributed by atoms with Gasteiger partial charge in [0.15, 0.2) is 0 Å². The molecule has 1 aromatic heterocycles. The first-order valence-electron chi connectivity index (χ1n) is 5.92. The Bertz CT molecular complexity index is 582. The molecule has 0 bridgehead atoms. The van der Waals surface area contributed by atoms with Gasteiger partial charge in [-0.05, 0) is 30.7 Å². The van der Waals surface area contributed by atoms with Crippen molar-refractivity contribution in [2.24, 2.45) is 5.73 Å². The molecule has 1 aromatic carbocycles. The molecule has 0 fully saturated rings. The van der Waals surface area contributed by atoms with Crippen molar-refractivity contribution in [3.63, 3.8) is 0 Å². The van der Waals surface area contributed by atoms with Crippen LogP contribution in [0.1, 0.15) is 33.8 Å². The van der Waals surface area contributed by atoms with Crippen LogP contribution in [0.4, 0.5) is 4.39 Å². The standard InChI is InChI=1S/C14H15FN2OS/c1-9(10-3-2-4-12(15)5-10)17-7-13-6-11(8-19-13)14(16)18/h2-6,8-9,17H,7H2,1H3,(H2,16,18). The van der Waals surface area contributed by atoms with Crippen LogP contribution in [-0.2, 0) is 6.54 Å². The van der Waals surface area contributed by atoms with E-state index in [9.17, 15) is 9.18 Å². The Morgan fingerprint density at radius 1 is 1.47 bits per heavy atom. The Hall–Kier alpha value is -1.72. The fraction of sp³-hybridized carbons (Fsp3) is 0.214. The monoisotopic (exact) mass is 278 g/mol. The lowest BCUT2D eigenvalue weighted by atomic mass is 10.1. The van der Waals surface area contributed by atoms with Crippen LogP contribution in [0.25, 0.3) is 0 Å². The predicted octanol–water partition coefficient (Wildman–Crippen LogP) is 2.84. The summed E-state index contributed by atoms with van der Waals surface area (Å²) in [4.78, 5) is 12.0. The minimum Gasteiger partial charge on any atom is -0.366 e. The molecular weight excluding hydrogens is 263 g/mol. The van der Waals surface area contributed by atoms with Crippen molar-refractivity contribution < 1.29 is 9.18 Å². The number of nitrogens with two attached hydrogens (primary N) is 1. The van der Waals surface area contributed by atoms with Crippen molar-refractivity contribution in [1.29, 1.82) is 0 Å². The van der Waals surface area contributed by atoms with Crippen LogP contribution in [0.2, 0.25) is 0 Å². The number of nitrogens with one attached hydrogen (secondary N) is 1. The molecule has 2 rings (SSSR count). The summed E-state index contributed by atoms with van der Waals surface area (Å²) < 4.78 is 13.1. The predicted molar refractivity (Wildman–Crippen MR) is 74.5 cm³/mol. The molecule has 1 unspecified atom stereocenters. The highest BCUT2D eigenvalue weighted by Crippen LogP contribution is 2.17. The third kappa shape index (κ3) is 3.62. The highest BCUT2D eigenvalue weighted by atomic mass is 32.1. The second-order valence-corrected chi connectivity index (χ2v) is 5.32. The molecule has 0 spiro atoms. The van der Waals surface area contributed by atoms with Crippen molar-refractivity contribution in [3.8, 4) is 0 Å². The van der Waals surface area contributed by atoms with Crippen LogP contribution >= 0.6 is 11.3 Å². The van der Waals surface area contributed by atoms with Gasteiger partial charge in [0.25, 0.3) is 0 Å². The van der Waals surface area contributed by atoms with E-state index in [-0.39, 0.29) is 11.9 Å². The molecule has 1 heterocycles. The van der Waals surface area contributed by atoms with Crippen molar-refractivity contribution in [1.82, 2.24) is 5.32 Å². The molecule has 0 aliphatic carbocycles. The molecule has 3 N–H and O–H groups in total. The van der Waals surface area contributed by atoms with Gasteiger partial charge in [-0.2, -0.15) is 0 Å². The van der Waals surface area contributed by atoms with Crippen LogP contribution < -0.4 is 11.1 Å². The van der Waals surface area contributed by atoms with Crippen molar-refractivity contribution in [3.05, 3.63) is 57.5 Å². The smallest absolute Gasteiger partial charge is 0.249 e. The molecule has 0 aliphatic rings. The lowest BCUT2D eigenvalue weighted by molar-refractivity contribution is 0.100. The lowest BCUT2D eigenvalue weighted by Crippen LogP contribution is -2.17. The molecule has 0 saturated heterocycles. The molecule has 0 saturated carbocycles. The first-order valence-corrected chi connectivity index (χ1v) is 6.80. The molecule has 19 heavy (non-hydrogen) atoms. The highest BCUT2D eigenvalue weighted by Gasteiger charge is 2.08. The Labute approximate surface area is 115 Å². The van der Waals surface area contributed by atoms with Crippen LogP contribution in [-0.4, -0.2) is 5.91 Å². The van der Waals surface area contributed by atoms with Crippen LogP contribution in [0.15, 0.2) is 35.7 Å². The number of rotatable bonds is 5. The van der Waals surface area contributed by atoms with Gasteiger partial charge >= 0.3 is 0 Å². The van der Waals surface area contributed by atoms with Gasteiger partial charge in [0.1, 0.15) is 5.82 Å². The van der Waals surface area contributed by atoms with E-state index in [2.05, 4.69) is 5.32 Å². The van der Waals surface area contributed by atoms with E-state index in [1.165, 1.54) is 23.5 Å². The second kappa shape index (κ2) is 5.95. The largest absolute Gasteiger partial charge is 0.366 e. The molecule has 0 aliphatic heterocycles. The van der Waals surface area contributed by atoms with Gasteiger partial charge < -0.3 is 11.1 Å². The summed E-state index contributed by atoms with van der Waals surface area (Å²) in [7, 11) is 0. The van der Waals surface area contributed by atoms with Crippen LogP contribution in [0, 0.1) is 5.82 Å². The van der Waals surface area contributed by atoms with Gasteiger partial charge in [0.2, 0.25) is 5.91 Å². The highest BCUT2D eigenvalue weighted by molar-refractivity contribution is 7.10. The lowest BCUT2D eigenvalue weighted by Gasteiger charge is -2.13. The minimum atomic E-state index is -0.416. The Morgan fingerprint density at radius 3 is 2.89 bits per heavy atom. The quantitative estimate of drug-likeness (QED) is 0.883. The van der Waals surface area contributed by atoms with Crippen LogP contribution in [0.3, 0.4) is 0 Å². The fourth-order valence-electron chi connectivity index (χ4n) is 1.75. The van der Waals surface area contributed by atoms with Gasteiger partial charge in [0, 0.05) is 22.8 Å². The van der Waals surface area contributed by atoms with Crippen LogP contribution in [0.5, 0.6) is 0 Å². The molecule has 1 atom stereocenters. The zero-order valence-corrected chi connectivity index (χ0v) is 11.3. The third-order valence-electron chi connectivity index (χ3n) is 2.87. The summed E-state index contributed by atoms with van der Waals surface area (Å²) in [6, 6.07) is 8.33. The second-order valence-electron chi connectivity index (χ2n) is 4.32. The van der Waals surface area contributed by atoms with E-state index in [0.29, 0.717) is 12.1 Å². The normalized spacial score (nSPS) is 12.3. The number of primary amides is 1. The summed E-state index contributed by atoms with van der Waals surface area (Å²) in [5, 5.41) is 5.03. The van der Waals surface area contributed by atoms with Gasteiger partial charge in [-0.25, -0.2) is 4.39 Å². The number of amides is 1. The summed E-state index contributed by atoms with van der Waals surface area (Å²) in [6.07, 6.45) is 0. The number of hydrogen-bond acceptors (Lipinski definition) is 3. The van der Waals surface area contributed by atoms with Gasteiger partial charge in [-0.3, -0.25) is 4.79 Å². The van der Waals surface area contributed by atoms with Gasteiger partial charge in [-0.1, -0.05) is 12.1 Å². The van der Waals surface area contributed by atoms with E-state index in [4.69, 9.17) is 5.73 Å². The zero-order valence-electron chi connectivity index (χ0n) is 10.5. The summed E-state index contributed by atoms with van der Waals surface area (Å²) in [5.74, 6) is -0.654. The molecule has 3 nitrogen and oxygen atoms in total. The summed E-state index contributed by atoms with van der Waals surface area (Å²) >= 11 is 1.48. The average Bonchev–Trinajstić information content (AvgIpc) is 2.85. The van der Waals surface area contributed by atoms with E-state index in [0.717, 1.165) is 10.4 Å². The Morgan fingerprint density at radius 2 is 2.26 bits per heavy atom. The molecule has 100 valence electrons. The SMILES string of the molecule is CC(NCc1cc(C(N)=O)cs1)c1cccc(F)c1. The summed E-state index contributed by atoms with van der Waals surface area (Å²) in [5.41, 5.74) is 6.62. The van der Waals surface area contributed by atoms with Crippen molar-refractivity contribution in [2.45, 2.75) is 19.5 Å². The van der Waals surface area contributed by atoms with Gasteiger partial charge in [-0.15, -0.1) is 11.3 Å². The minimum absolute atomic E-state index is 0.0369. The average molecular weight is 278 g/mol. The fourth-order valence-corrected chi connectivity index (χ4v) is 2.57. The molecule has 0 radical (unpaired) electrons. The number of thiophene rings is 1. The van der Waals surface area contributed by atoms with E-state index >= 15 is 0 Å². The van der Waals surface area contributed by atoms with E-state index < -0.39 is 5.91 Å². The maximum Gasteiger partial charge on any atom is 0.249 e. The topological polar surface area (TPSA) is 55.1 Å². The first kappa shape index (κ1) is 13.7. The third-order valence-corrected chi connectivity index (χ3v) is 3.81. The number of carbonyl (C=O) groups is 1.